The Kier molecular flexibility index (Phi) is 2.94. The van der Waals surface area contributed by atoms with E-state index in [1.165, 1.54) is 6.42 Å². The molecule has 2 N–H and O–H groups in total. The van der Waals surface area contributed by atoms with E-state index in [1.54, 1.807) is 6.07 Å². The second-order valence-corrected chi connectivity index (χ2v) is 5.68. The highest BCUT2D eigenvalue weighted by Crippen LogP contribution is 2.45. The van der Waals surface area contributed by atoms with Gasteiger partial charge in [0.15, 0.2) is 0 Å². The zero-order valence-electron chi connectivity index (χ0n) is 10.0. The van der Waals surface area contributed by atoms with Gasteiger partial charge in [-0.25, -0.2) is 0 Å². The van der Waals surface area contributed by atoms with Crippen LogP contribution in [0.25, 0.3) is 0 Å². The average Bonchev–Trinajstić information content (AvgIpc) is 2.35. The standard InChI is InChI=1S/C14H16ClNO2/c15-8-5-6-10-12(7-8)16-11-4-2-1-3-9(11)13(10)14(17)18/h5-7,9,11,13,16H,1-4H2,(H,17,18). The molecule has 0 saturated heterocycles. The minimum atomic E-state index is -0.711. The Balaban J connectivity index is 2.06. The van der Waals surface area contributed by atoms with Crippen LogP contribution in [0, 0.1) is 5.92 Å². The number of carboxylic acid groups (broad SMARTS) is 1. The number of carbonyl (C=O) groups is 1. The smallest absolute Gasteiger partial charge is 0.311 e. The first-order valence-electron chi connectivity index (χ1n) is 6.45. The molecule has 1 aliphatic carbocycles. The molecule has 3 nitrogen and oxygen atoms in total. The second-order valence-electron chi connectivity index (χ2n) is 5.25. The van der Waals surface area contributed by atoms with Gasteiger partial charge in [-0.15, -0.1) is 0 Å². The molecule has 3 atom stereocenters. The van der Waals surface area contributed by atoms with Gasteiger partial charge < -0.3 is 10.4 Å². The molecule has 2 aliphatic rings. The van der Waals surface area contributed by atoms with Crippen molar-refractivity contribution in [2.24, 2.45) is 5.92 Å². The molecule has 4 heteroatoms. The van der Waals surface area contributed by atoms with Crippen molar-refractivity contribution in [1.29, 1.82) is 0 Å². The van der Waals surface area contributed by atoms with Crippen LogP contribution in [-0.2, 0) is 4.79 Å². The molecule has 3 rings (SSSR count). The maximum Gasteiger partial charge on any atom is 0.311 e. The topological polar surface area (TPSA) is 49.3 Å². The Morgan fingerprint density at radius 2 is 2.11 bits per heavy atom. The summed E-state index contributed by atoms with van der Waals surface area (Å²) in [5.74, 6) is -0.884. The molecule has 1 aliphatic heterocycles. The van der Waals surface area contributed by atoms with Crippen molar-refractivity contribution in [3.8, 4) is 0 Å². The van der Waals surface area contributed by atoms with Crippen LogP contribution in [0.2, 0.25) is 5.02 Å². The maximum atomic E-state index is 11.6. The second kappa shape index (κ2) is 4.47. The van der Waals surface area contributed by atoms with Crippen molar-refractivity contribution in [3.63, 3.8) is 0 Å². The lowest BCUT2D eigenvalue weighted by Gasteiger charge is -2.41. The lowest BCUT2D eigenvalue weighted by Crippen LogP contribution is -2.42. The lowest BCUT2D eigenvalue weighted by molar-refractivity contribution is -0.140. The summed E-state index contributed by atoms with van der Waals surface area (Å²) in [4.78, 5) is 11.6. The van der Waals surface area contributed by atoms with Crippen LogP contribution in [0.5, 0.6) is 0 Å². The maximum absolute atomic E-state index is 11.6. The Morgan fingerprint density at radius 3 is 2.89 bits per heavy atom. The van der Waals surface area contributed by atoms with Gasteiger partial charge in [-0.3, -0.25) is 4.79 Å². The zero-order chi connectivity index (χ0) is 12.7. The molecule has 0 radical (unpaired) electrons. The molecule has 0 amide bonds. The lowest BCUT2D eigenvalue weighted by atomic mass is 9.71. The van der Waals surface area contributed by atoms with Crippen LogP contribution in [0.1, 0.15) is 37.2 Å². The number of hydrogen-bond acceptors (Lipinski definition) is 2. The highest BCUT2D eigenvalue weighted by Gasteiger charge is 2.41. The molecule has 1 heterocycles. The monoisotopic (exact) mass is 265 g/mol. The molecule has 1 fully saturated rings. The number of rotatable bonds is 1. The minimum Gasteiger partial charge on any atom is -0.481 e. The van der Waals surface area contributed by atoms with Gasteiger partial charge in [0.1, 0.15) is 0 Å². The van der Waals surface area contributed by atoms with Crippen molar-refractivity contribution >= 4 is 23.3 Å². The summed E-state index contributed by atoms with van der Waals surface area (Å²) >= 11 is 5.99. The van der Waals surface area contributed by atoms with E-state index in [0.717, 1.165) is 30.5 Å². The fourth-order valence-electron chi connectivity index (χ4n) is 3.41. The number of hydrogen-bond donors (Lipinski definition) is 2. The Labute approximate surface area is 111 Å². The Morgan fingerprint density at radius 1 is 1.33 bits per heavy atom. The van der Waals surface area contributed by atoms with Gasteiger partial charge in [0, 0.05) is 16.8 Å². The fraction of sp³-hybridized carbons (Fsp3) is 0.500. The van der Waals surface area contributed by atoms with Crippen molar-refractivity contribution in [3.05, 3.63) is 28.8 Å². The van der Waals surface area contributed by atoms with Crippen LogP contribution in [-0.4, -0.2) is 17.1 Å². The van der Waals surface area contributed by atoms with Crippen molar-refractivity contribution in [2.45, 2.75) is 37.6 Å². The summed E-state index contributed by atoms with van der Waals surface area (Å²) in [7, 11) is 0. The highest BCUT2D eigenvalue weighted by molar-refractivity contribution is 6.30. The summed E-state index contributed by atoms with van der Waals surface area (Å²) in [5, 5.41) is 13.7. The zero-order valence-corrected chi connectivity index (χ0v) is 10.8. The van der Waals surface area contributed by atoms with E-state index in [2.05, 4.69) is 5.32 Å². The third-order valence-electron chi connectivity index (χ3n) is 4.20. The summed E-state index contributed by atoms with van der Waals surface area (Å²) in [5.41, 5.74) is 1.79. The molecule has 1 aromatic carbocycles. The number of anilines is 1. The summed E-state index contributed by atoms with van der Waals surface area (Å²) in [6.45, 7) is 0. The van der Waals surface area contributed by atoms with Crippen LogP contribution < -0.4 is 5.32 Å². The predicted octanol–water partition coefficient (Wildman–Crippen LogP) is 3.49. The van der Waals surface area contributed by atoms with E-state index in [-0.39, 0.29) is 17.9 Å². The molecular weight excluding hydrogens is 250 g/mol. The quantitative estimate of drug-likeness (QED) is 0.817. The number of aliphatic carboxylic acids is 1. The van der Waals surface area contributed by atoms with Crippen LogP contribution in [0.3, 0.4) is 0 Å². The van der Waals surface area contributed by atoms with Crippen molar-refractivity contribution in [2.75, 3.05) is 5.32 Å². The largest absolute Gasteiger partial charge is 0.481 e. The van der Waals surface area contributed by atoms with Gasteiger partial charge in [0.25, 0.3) is 0 Å². The number of carboxylic acids is 1. The normalized spacial score (nSPS) is 29.9. The fourth-order valence-corrected chi connectivity index (χ4v) is 3.58. The van der Waals surface area contributed by atoms with E-state index in [1.807, 2.05) is 12.1 Å². The molecule has 3 unspecified atom stereocenters. The van der Waals surface area contributed by atoms with Gasteiger partial charge in [-0.2, -0.15) is 0 Å². The molecule has 96 valence electrons. The number of nitrogens with one attached hydrogen (secondary N) is 1. The van der Waals surface area contributed by atoms with E-state index in [9.17, 15) is 9.90 Å². The van der Waals surface area contributed by atoms with Gasteiger partial charge in [0.05, 0.1) is 5.92 Å². The number of benzene rings is 1. The van der Waals surface area contributed by atoms with E-state index < -0.39 is 5.97 Å². The van der Waals surface area contributed by atoms with E-state index >= 15 is 0 Å². The Bertz CT molecular complexity index is 489. The Hall–Kier alpha value is -1.22. The van der Waals surface area contributed by atoms with Gasteiger partial charge in [-0.05, 0) is 36.5 Å². The molecule has 0 aromatic heterocycles. The first kappa shape index (κ1) is 11.8. The number of fused-ring (bicyclic) bond motifs is 2. The summed E-state index contributed by atoms with van der Waals surface area (Å²) < 4.78 is 0. The van der Waals surface area contributed by atoms with Crippen LogP contribution in [0.15, 0.2) is 18.2 Å². The first-order chi connectivity index (χ1) is 8.66. The van der Waals surface area contributed by atoms with Crippen molar-refractivity contribution in [1.82, 2.24) is 0 Å². The first-order valence-corrected chi connectivity index (χ1v) is 6.83. The molecule has 1 aromatic rings. The van der Waals surface area contributed by atoms with Gasteiger partial charge >= 0.3 is 5.97 Å². The molecule has 0 bridgehead atoms. The van der Waals surface area contributed by atoms with E-state index in [0.29, 0.717) is 5.02 Å². The molecule has 0 spiro atoms. The SMILES string of the molecule is O=C(O)C1c2ccc(Cl)cc2NC2CCCCC21. The third kappa shape index (κ3) is 1.87. The number of halogens is 1. The average molecular weight is 266 g/mol. The van der Waals surface area contributed by atoms with E-state index in [4.69, 9.17) is 11.6 Å². The molecular formula is C14H16ClNO2. The minimum absolute atomic E-state index is 0.213. The van der Waals surface area contributed by atoms with Crippen molar-refractivity contribution < 1.29 is 9.90 Å². The van der Waals surface area contributed by atoms with Crippen LogP contribution >= 0.6 is 11.6 Å². The molecule has 18 heavy (non-hydrogen) atoms. The van der Waals surface area contributed by atoms with Crippen LogP contribution in [0.4, 0.5) is 5.69 Å². The van der Waals surface area contributed by atoms with Gasteiger partial charge in [-0.1, -0.05) is 30.5 Å². The van der Waals surface area contributed by atoms with Gasteiger partial charge in [0.2, 0.25) is 0 Å². The summed E-state index contributed by atoms with van der Waals surface area (Å²) in [6, 6.07) is 5.76. The molecule has 1 saturated carbocycles. The highest BCUT2D eigenvalue weighted by atomic mass is 35.5. The summed E-state index contributed by atoms with van der Waals surface area (Å²) in [6.07, 6.45) is 4.36. The third-order valence-corrected chi connectivity index (χ3v) is 4.44. The predicted molar refractivity (Wildman–Crippen MR) is 71.2 cm³/mol.